The summed E-state index contributed by atoms with van der Waals surface area (Å²) < 4.78 is 35.2. The predicted molar refractivity (Wildman–Crippen MR) is 120 cm³/mol. The molecule has 1 amide bonds. The number of ether oxygens (including phenoxy) is 1. The molecule has 1 aliphatic heterocycles. The van der Waals surface area contributed by atoms with E-state index in [-0.39, 0.29) is 45.4 Å². The van der Waals surface area contributed by atoms with Crippen molar-refractivity contribution in [2.24, 2.45) is 5.73 Å². The number of hydrogen-bond acceptors (Lipinski definition) is 4. The van der Waals surface area contributed by atoms with Gasteiger partial charge in [0.1, 0.15) is 16.8 Å². The molecule has 3 aromatic rings. The fourth-order valence-corrected chi connectivity index (χ4v) is 4.14. The first-order valence-corrected chi connectivity index (χ1v) is 10.6. The number of imidazole rings is 1. The van der Waals surface area contributed by atoms with Crippen LogP contribution >= 0.6 is 11.6 Å². The summed E-state index contributed by atoms with van der Waals surface area (Å²) in [5, 5.41) is -0.0478. The lowest BCUT2D eigenvalue weighted by Crippen LogP contribution is -2.45. The van der Waals surface area contributed by atoms with Crippen molar-refractivity contribution in [1.29, 1.82) is 0 Å². The van der Waals surface area contributed by atoms with Crippen molar-refractivity contribution in [2.45, 2.75) is 18.9 Å². The maximum Gasteiger partial charge on any atom is 0.275 e. The Morgan fingerprint density at radius 2 is 2.06 bits per heavy atom. The third kappa shape index (κ3) is 4.27. The number of amides is 1. The molecule has 0 aliphatic carbocycles. The number of nitrogens with two attached hydrogens (primary N) is 1. The number of carbonyl (C=O) groups excluding carboxylic acids is 1. The van der Waals surface area contributed by atoms with E-state index in [2.05, 4.69) is 9.83 Å². The molecule has 2 N–H and O–H groups in total. The largest absolute Gasteiger partial charge is 0.494 e. The van der Waals surface area contributed by atoms with Crippen LogP contribution in [0.15, 0.2) is 36.4 Å². The van der Waals surface area contributed by atoms with Crippen LogP contribution in [0.5, 0.6) is 5.75 Å². The first-order valence-electron chi connectivity index (χ1n) is 10.2. The van der Waals surface area contributed by atoms with Crippen LogP contribution in [-0.2, 0) is 0 Å². The second-order valence-corrected chi connectivity index (χ2v) is 8.02. The van der Waals surface area contributed by atoms with Crippen molar-refractivity contribution >= 4 is 23.2 Å². The Bertz CT molecular complexity index is 1270. The Morgan fingerprint density at radius 1 is 1.27 bits per heavy atom. The van der Waals surface area contributed by atoms with Crippen LogP contribution in [0.25, 0.3) is 21.9 Å². The summed E-state index contributed by atoms with van der Waals surface area (Å²) in [5.41, 5.74) is 6.35. The Hall–Kier alpha value is -3.48. The summed E-state index contributed by atoms with van der Waals surface area (Å²) >= 11 is 6.61. The van der Waals surface area contributed by atoms with Crippen LogP contribution < -0.4 is 10.5 Å². The second kappa shape index (κ2) is 9.17. The minimum atomic E-state index is -0.746. The quantitative estimate of drug-likeness (QED) is 0.564. The molecule has 0 spiro atoms. The molecule has 0 radical (unpaired) electrons. The molecule has 7 nitrogen and oxygen atoms in total. The average molecular weight is 472 g/mol. The third-order valence-electron chi connectivity index (χ3n) is 5.49. The molecule has 2 aromatic carbocycles. The molecule has 1 aromatic heterocycles. The molecule has 10 heteroatoms. The fraction of sp³-hybridized carbons (Fsp3) is 0.261. The summed E-state index contributed by atoms with van der Waals surface area (Å²) in [7, 11) is 1.34. The van der Waals surface area contributed by atoms with Gasteiger partial charge in [-0.1, -0.05) is 23.7 Å². The molecule has 1 atom stereocenters. The zero-order chi connectivity index (χ0) is 23.7. The number of carbonyl (C=O) groups is 1. The van der Waals surface area contributed by atoms with Crippen molar-refractivity contribution in [1.82, 2.24) is 14.5 Å². The average Bonchev–Trinajstić information content (AvgIpc) is 3.15. The van der Waals surface area contributed by atoms with Gasteiger partial charge in [0.05, 0.1) is 19.4 Å². The first kappa shape index (κ1) is 22.7. The number of rotatable bonds is 4. The number of benzene rings is 2. The van der Waals surface area contributed by atoms with E-state index < -0.39 is 17.5 Å². The van der Waals surface area contributed by atoms with Gasteiger partial charge in [-0.15, -0.1) is 0 Å². The Morgan fingerprint density at radius 3 is 2.70 bits per heavy atom. The first-order chi connectivity index (χ1) is 15.8. The maximum absolute atomic E-state index is 14.5. The monoisotopic (exact) mass is 471 g/mol. The Labute approximate surface area is 194 Å². The van der Waals surface area contributed by atoms with Crippen LogP contribution in [0, 0.1) is 18.2 Å². The van der Waals surface area contributed by atoms with Gasteiger partial charge >= 0.3 is 0 Å². The van der Waals surface area contributed by atoms with Crippen LogP contribution in [-0.4, -0.2) is 46.6 Å². The van der Waals surface area contributed by atoms with Crippen LogP contribution in [0.1, 0.15) is 23.3 Å². The summed E-state index contributed by atoms with van der Waals surface area (Å²) in [6.45, 7) is 7.93. The highest BCUT2D eigenvalue weighted by Gasteiger charge is 2.29. The zero-order valence-electron chi connectivity index (χ0n) is 17.7. The Balaban J connectivity index is 1.88. The number of aromatic nitrogens is 2. The van der Waals surface area contributed by atoms with Crippen molar-refractivity contribution < 1.29 is 18.3 Å². The molecule has 1 aliphatic rings. The van der Waals surface area contributed by atoms with Crippen molar-refractivity contribution in [3.63, 3.8) is 0 Å². The third-order valence-corrected chi connectivity index (χ3v) is 5.84. The standard InChI is InChI=1S/C23H20ClF2N5O2/c1-28-18-7-5-13(10-16(18)25)22-29-20(23(32)30-9-3-4-14(27)12-30)21(24)31(22)15-6-8-19(33-2)17(26)11-15/h5-8,10-11,14H,3-4,9,12,27H2,2H3/t14-/m0/s1. The lowest BCUT2D eigenvalue weighted by Gasteiger charge is -2.30. The number of likely N-dealkylation sites (tertiary alicyclic amines) is 1. The SMILES string of the molecule is [C-]#[N+]c1ccc(-c2nc(C(=O)N3CCC[C@H](N)C3)c(Cl)n2-c2ccc(OC)c(F)c2)cc1F. The molecule has 4 rings (SSSR count). The van der Waals surface area contributed by atoms with E-state index in [9.17, 15) is 13.6 Å². The van der Waals surface area contributed by atoms with E-state index in [1.807, 2.05) is 0 Å². The number of methoxy groups -OCH3 is 1. The molecule has 0 unspecified atom stereocenters. The van der Waals surface area contributed by atoms with Crippen LogP contribution in [0.4, 0.5) is 14.5 Å². The smallest absolute Gasteiger partial charge is 0.275 e. The normalized spacial score (nSPS) is 15.9. The van der Waals surface area contributed by atoms with Crippen molar-refractivity contribution in [3.05, 3.63) is 70.3 Å². The number of hydrogen-bond donors (Lipinski definition) is 1. The molecule has 0 saturated carbocycles. The van der Waals surface area contributed by atoms with E-state index in [1.165, 1.54) is 35.9 Å². The fourth-order valence-electron chi connectivity index (χ4n) is 3.84. The topological polar surface area (TPSA) is 77.7 Å². The molecule has 33 heavy (non-hydrogen) atoms. The highest BCUT2D eigenvalue weighted by atomic mass is 35.5. The van der Waals surface area contributed by atoms with Gasteiger partial charge in [-0.05, 0) is 31.0 Å². The lowest BCUT2D eigenvalue weighted by atomic mass is 10.1. The molecule has 1 fully saturated rings. The van der Waals surface area contributed by atoms with Gasteiger partial charge in [0, 0.05) is 30.8 Å². The van der Waals surface area contributed by atoms with Gasteiger partial charge in [0.15, 0.2) is 17.3 Å². The van der Waals surface area contributed by atoms with E-state index in [0.717, 1.165) is 18.9 Å². The highest BCUT2D eigenvalue weighted by molar-refractivity contribution is 6.33. The van der Waals surface area contributed by atoms with Gasteiger partial charge in [-0.25, -0.2) is 18.6 Å². The summed E-state index contributed by atoms with van der Waals surface area (Å²) in [5.74, 6) is -1.64. The van der Waals surface area contributed by atoms with E-state index in [1.54, 1.807) is 11.0 Å². The summed E-state index contributed by atoms with van der Waals surface area (Å²) in [6.07, 6.45) is 1.57. The van der Waals surface area contributed by atoms with Gasteiger partial charge in [-0.2, -0.15) is 0 Å². The van der Waals surface area contributed by atoms with E-state index >= 15 is 0 Å². The van der Waals surface area contributed by atoms with Crippen molar-refractivity contribution in [3.8, 4) is 22.8 Å². The molecular weight excluding hydrogens is 452 g/mol. The lowest BCUT2D eigenvalue weighted by molar-refractivity contribution is 0.0703. The van der Waals surface area contributed by atoms with Gasteiger partial charge in [0.2, 0.25) is 5.69 Å². The minimum Gasteiger partial charge on any atom is -0.494 e. The predicted octanol–water partition coefficient (Wildman–Crippen LogP) is 4.59. The molecular formula is C23H20ClF2N5O2. The van der Waals surface area contributed by atoms with Gasteiger partial charge in [0.25, 0.3) is 5.91 Å². The molecule has 1 saturated heterocycles. The van der Waals surface area contributed by atoms with Crippen LogP contribution in [0.3, 0.4) is 0 Å². The van der Waals surface area contributed by atoms with Gasteiger partial charge in [-0.3, -0.25) is 9.36 Å². The molecule has 0 bridgehead atoms. The summed E-state index contributed by atoms with van der Waals surface area (Å²) in [4.78, 5) is 22.4. The maximum atomic E-state index is 14.5. The number of piperidine rings is 1. The van der Waals surface area contributed by atoms with E-state index in [0.29, 0.717) is 13.1 Å². The van der Waals surface area contributed by atoms with Crippen LogP contribution in [0.2, 0.25) is 5.15 Å². The highest BCUT2D eigenvalue weighted by Crippen LogP contribution is 2.34. The minimum absolute atomic E-state index is 0.0302. The molecule has 170 valence electrons. The van der Waals surface area contributed by atoms with Gasteiger partial charge < -0.3 is 15.4 Å². The second-order valence-electron chi connectivity index (χ2n) is 7.66. The number of halogens is 3. The van der Waals surface area contributed by atoms with Crippen molar-refractivity contribution in [2.75, 3.05) is 20.2 Å². The molecule has 2 heterocycles. The number of nitrogens with zero attached hydrogens (tertiary/aromatic N) is 4. The Kier molecular flexibility index (Phi) is 6.31. The zero-order valence-corrected chi connectivity index (χ0v) is 18.4. The summed E-state index contributed by atoms with van der Waals surface area (Å²) in [6, 6.07) is 7.94. The van der Waals surface area contributed by atoms with E-state index in [4.69, 9.17) is 28.6 Å².